The minimum absolute atomic E-state index is 0.0860. The summed E-state index contributed by atoms with van der Waals surface area (Å²) in [6, 6.07) is 1.73. The van der Waals surface area contributed by atoms with E-state index in [2.05, 4.69) is 16.2 Å². The molecule has 3 heterocycles. The Morgan fingerprint density at radius 3 is 2.83 bits per heavy atom. The van der Waals surface area contributed by atoms with Crippen LogP contribution in [0.3, 0.4) is 0 Å². The van der Waals surface area contributed by atoms with Gasteiger partial charge < -0.3 is 9.64 Å². The summed E-state index contributed by atoms with van der Waals surface area (Å²) in [4.78, 5) is 18.8. The van der Waals surface area contributed by atoms with E-state index in [0.717, 1.165) is 23.5 Å². The van der Waals surface area contributed by atoms with Gasteiger partial charge in [0.15, 0.2) is 5.65 Å². The molecular formula is C16H19N5O2. The third-order valence-corrected chi connectivity index (χ3v) is 4.33. The van der Waals surface area contributed by atoms with Crippen LogP contribution in [0.5, 0.6) is 0 Å². The zero-order valence-electron chi connectivity index (χ0n) is 13.7. The molecular weight excluding hydrogens is 294 g/mol. The van der Waals surface area contributed by atoms with Crippen molar-refractivity contribution >= 4 is 17.4 Å². The molecule has 7 nitrogen and oxygen atoms in total. The molecule has 0 spiro atoms. The van der Waals surface area contributed by atoms with Crippen LogP contribution in [0.1, 0.15) is 30.7 Å². The van der Waals surface area contributed by atoms with Gasteiger partial charge in [-0.15, -0.1) is 0 Å². The van der Waals surface area contributed by atoms with Crippen LogP contribution >= 0.6 is 0 Å². The minimum Gasteiger partial charge on any atom is -0.467 e. The normalized spacial score (nSPS) is 14.9. The maximum Gasteiger partial charge on any atom is 0.328 e. The number of esters is 1. The standard InChI is InChI=1S/C16H19N5O2/c1-9(2)13(16(22)23-4)20-6-5-12-10(3)19-14-11(7-17)8-18-21(14)15(12)20/h8-9,13H,5-6H2,1-4H3/t13-/m1/s1. The van der Waals surface area contributed by atoms with Gasteiger partial charge >= 0.3 is 5.97 Å². The van der Waals surface area contributed by atoms with E-state index >= 15 is 0 Å². The van der Waals surface area contributed by atoms with Crippen LogP contribution in [-0.4, -0.2) is 40.3 Å². The summed E-state index contributed by atoms with van der Waals surface area (Å²) in [6.45, 7) is 6.62. The first-order valence-corrected chi connectivity index (χ1v) is 7.61. The number of anilines is 1. The molecule has 1 aliphatic heterocycles. The van der Waals surface area contributed by atoms with Crippen molar-refractivity contribution in [3.63, 3.8) is 0 Å². The number of nitrogens with zero attached hydrogens (tertiary/aromatic N) is 5. The zero-order valence-corrected chi connectivity index (χ0v) is 13.7. The monoisotopic (exact) mass is 313 g/mol. The maximum atomic E-state index is 12.3. The molecule has 0 aromatic carbocycles. The molecule has 2 aromatic heterocycles. The van der Waals surface area contributed by atoms with Gasteiger partial charge in [0.2, 0.25) is 0 Å². The molecule has 7 heteroatoms. The van der Waals surface area contributed by atoms with E-state index in [4.69, 9.17) is 4.74 Å². The second-order valence-electron chi connectivity index (χ2n) is 6.06. The Kier molecular flexibility index (Phi) is 3.68. The topological polar surface area (TPSA) is 83.5 Å². The number of rotatable bonds is 3. The van der Waals surface area contributed by atoms with E-state index < -0.39 is 0 Å². The van der Waals surface area contributed by atoms with Gasteiger partial charge in [0.1, 0.15) is 23.5 Å². The third-order valence-electron chi connectivity index (χ3n) is 4.33. The highest BCUT2D eigenvalue weighted by molar-refractivity contribution is 5.81. The summed E-state index contributed by atoms with van der Waals surface area (Å²) < 4.78 is 6.66. The second-order valence-corrected chi connectivity index (χ2v) is 6.06. The Morgan fingerprint density at radius 2 is 2.22 bits per heavy atom. The van der Waals surface area contributed by atoms with Crippen molar-refractivity contribution in [3.05, 3.63) is 23.0 Å². The molecule has 1 atom stereocenters. The molecule has 0 fully saturated rings. The highest BCUT2D eigenvalue weighted by atomic mass is 16.5. The summed E-state index contributed by atoms with van der Waals surface area (Å²) in [6.07, 6.45) is 2.31. The van der Waals surface area contributed by atoms with Crippen LogP contribution in [0, 0.1) is 24.2 Å². The van der Waals surface area contributed by atoms with E-state index in [0.29, 0.717) is 17.8 Å². The van der Waals surface area contributed by atoms with Gasteiger partial charge in [-0.05, 0) is 19.3 Å². The lowest BCUT2D eigenvalue weighted by atomic mass is 10.0. The molecule has 0 amide bonds. The fourth-order valence-corrected chi connectivity index (χ4v) is 3.28. The lowest BCUT2D eigenvalue weighted by Crippen LogP contribution is -2.45. The first-order valence-electron chi connectivity index (χ1n) is 7.61. The first kappa shape index (κ1) is 15.3. The molecule has 0 unspecified atom stereocenters. The molecule has 2 aromatic rings. The van der Waals surface area contributed by atoms with Crippen molar-refractivity contribution in [1.82, 2.24) is 14.6 Å². The van der Waals surface area contributed by atoms with Gasteiger partial charge in [-0.1, -0.05) is 13.8 Å². The highest BCUT2D eigenvalue weighted by Crippen LogP contribution is 2.34. The van der Waals surface area contributed by atoms with Gasteiger partial charge in [-0.25, -0.2) is 9.78 Å². The zero-order chi connectivity index (χ0) is 16.7. The van der Waals surface area contributed by atoms with Crippen LogP contribution < -0.4 is 4.90 Å². The number of aryl methyl sites for hydroxylation is 1. The van der Waals surface area contributed by atoms with E-state index in [1.807, 2.05) is 25.7 Å². The lowest BCUT2D eigenvalue weighted by Gasteiger charge is -2.30. The Labute approximate surface area is 134 Å². The van der Waals surface area contributed by atoms with Gasteiger partial charge in [0.05, 0.1) is 13.3 Å². The van der Waals surface area contributed by atoms with Gasteiger partial charge in [0, 0.05) is 17.8 Å². The Hall–Kier alpha value is -2.62. The van der Waals surface area contributed by atoms with E-state index in [1.54, 1.807) is 4.52 Å². The van der Waals surface area contributed by atoms with Gasteiger partial charge in [-0.3, -0.25) is 0 Å². The Morgan fingerprint density at radius 1 is 1.48 bits per heavy atom. The SMILES string of the molecule is COC(=O)[C@@H](C(C)C)N1CCc2c(C)nc3c(C#N)cnn3c21. The fourth-order valence-electron chi connectivity index (χ4n) is 3.28. The number of nitriles is 1. The molecule has 0 saturated carbocycles. The van der Waals surface area contributed by atoms with Crippen molar-refractivity contribution in [2.75, 3.05) is 18.6 Å². The van der Waals surface area contributed by atoms with Crippen molar-refractivity contribution in [3.8, 4) is 6.07 Å². The van der Waals surface area contributed by atoms with Crippen LogP contribution in [0.2, 0.25) is 0 Å². The average molecular weight is 313 g/mol. The van der Waals surface area contributed by atoms with Crippen LogP contribution in [0.15, 0.2) is 6.20 Å². The molecule has 0 aliphatic carbocycles. The second kappa shape index (κ2) is 5.54. The molecule has 0 N–H and O–H groups in total. The van der Waals surface area contributed by atoms with Gasteiger partial charge in [0.25, 0.3) is 0 Å². The summed E-state index contributed by atoms with van der Waals surface area (Å²) in [5, 5.41) is 13.5. The molecule has 3 rings (SSSR count). The van der Waals surface area contributed by atoms with E-state index in [-0.39, 0.29) is 17.9 Å². The molecule has 1 aliphatic rings. The number of carbonyl (C=O) groups excluding carboxylic acids is 1. The molecule has 0 bridgehead atoms. The lowest BCUT2D eigenvalue weighted by molar-refractivity contribution is -0.143. The van der Waals surface area contributed by atoms with Crippen molar-refractivity contribution < 1.29 is 9.53 Å². The summed E-state index contributed by atoms with van der Waals surface area (Å²) in [5.41, 5.74) is 2.91. The van der Waals surface area contributed by atoms with Gasteiger partial charge in [-0.2, -0.15) is 14.9 Å². The third kappa shape index (κ3) is 2.22. The maximum absolute atomic E-state index is 12.3. The average Bonchev–Trinajstić information content (AvgIpc) is 3.11. The number of ether oxygens (including phenoxy) is 1. The fraction of sp³-hybridized carbons (Fsp3) is 0.500. The van der Waals surface area contributed by atoms with Crippen LogP contribution in [-0.2, 0) is 16.0 Å². The van der Waals surface area contributed by atoms with E-state index in [1.165, 1.54) is 13.3 Å². The predicted octanol–water partition coefficient (Wildman–Crippen LogP) is 1.47. The predicted molar refractivity (Wildman–Crippen MR) is 84.1 cm³/mol. The number of methoxy groups -OCH3 is 1. The number of fused-ring (bicyclic) bond motifs is 3. The molecule has 23 heavy (non-hydrogen) atoms. The summed E-state index contributed by atoms with van der Waals surface area (Å²) in [5.74, 6) is 0.671. The smallest absolute Gasteiger partial charge is 0.328 e. The largest absolute Gasteiger partial charge is 0.467 e. The minimum atomic E-state index is -0.388. The van der Waals surface area contributed by atoms with Crippen molar-refractivity contribution in [2.45, 2.75) is 33.2 Å². The number of hydrogen-bond acceptors (Lipinski definition) is 6. The number of hydrogen-bond donors (Lipinski definition) is 0. The van der Waals surface area contributed by atoms with Crippen LogP contribution in [0.4, 0.5) is 5.82 Å². The number of carbonyl (C=O) groups is 1. The first-order chi connectivity index (χ1) is 11.0. The van der Waals surface area contributed by atoms with Crippen molar-refractivity contribution in [1.29, 1.82) is 5.26 Å². The number of aromatic nitrogens is 3. The highest BCUT2D eigenvalue weighted by Gasteiger charge is 2.37. The summed E-state index contributed by atoms with van der Waals surface area (Å²) in [7, 11) is 1.41. The Bertz CT molecular complexity index is 818. The Balaban J connectivity index is 2.22. The van der Waals surface area contributed by atoms with E-state index in [9.17, 15) is 10.1 Å². The molecule has 120 valence electrons. The quantitative estimate of drug-likeness (QED) is 0.798. The molecule has 0 radical (unpaired) electrons. The molecule has 0 saturated heterocycles. The van der Waals surface area contributed by atoms with Crippen LogP contribution in [0.25, 0.3) is 5.65 Å². The summed E-state index contributed by atoms with van der Waals surface area (Å²) >= 11 is 0. The van der Waals surface area contributed by atoms with Crippen molar-refractivity contribution in [2.24, 2.45) is 5.92 Å².